The van der Waals surface area contributed by atoms with E-state index in [1.54, 1.807) is 30.5 Å². The van der Waals surface area contributed by atoms with Crippen LogP contribution in [0.5, 0.6) is 0 Å². The highest BCUT2D eigenvalue weighted by molar-refractivity contribution is 6.30. The Morgan fingerprint density at radius 3 is 2.79 bits per heavy atom. The van der Waals surface area contributed by atoms with Gasteiger partial charge in [0.2, 0.25) is 0 Å². The van der Waals surface area contributed by atoms with Crippen molar-refractivity contribution in [3.8, 4) is 0 Å². The predicted molar refractivity (Wildman–Crippen MR) is 75.5 cm³/mol. The molecule has 2 amide bonds. The maximum atomic E-state index is 11.9. The molecule has 0 saturated carbocycles. The van der Waals surface area contributed by atoms with Gasteiger partial charge in [0, 0.05) is 10.7 Å². The Morgan fingerprint density at radius 1 is 1.37 bits per heavy atom. The third-order valence-corrected chi connectivity index (χ3v) is 2.99. The molecule has 2 aromatic rings. The van der Waals surface area contributed by atoms with E-state index in [-0.39, 0.29) is 12.1 Å². The van der Waals surface area contributed by atoms with Crippen molar-refractivity contribution < 1.29 is 9.21 Å². The van der Waals surface area contributed by atoms with Crippen LogP contribution in [-0.2, 0) is 0 Å². The molecule has 0 aliphatic rings. The average Bonchev–Trinajstić information content (AvgIpc) is 2.86. The van der Waals surface area contributed by atoms with Gasteiger partial charge in [-0.1, -0.05) is 11.6 Å². The normalized spacial score (nSPS) is 11.9. The largest absolute Gasteiger partial charge is 0.467 e. The Balaban J connectivity index is 1.98. The molecule has 0 aliphatic carbocycles. The summed E-state index contributed by atoms with van der Waals surface area (Å²) in [5.41, 5.74) is 1.64. The summed E-state index contributed by atoms with van der Waals surface area (Å²) in [5.74, 6) is 0.711. The number of anilines is 1. The summed E-state index contributed by atoms with van der Waals surface area (Å²) in [6, 6.07) is 8.44. The fourth-order valence-electron chi connectivity index (χ4n) is 1.73. The Labute approximate surface area is 116 Å². The molecule has 0 fully saturated rings. The minimum absolute atomic E-state index is 0.192. The van der Waals surface area contributed by atoms with Crippen molar-refractivity contribution in [2.24, 2.45) is 0 Å². The van der Waals surface area contributed by atoms with Crippen LogP contribution in [0.1, 0.15) is 24.3 Å². The Kier molecular flexibility index (Phi) is 4.12. The summed E-state index contributed by atoms with van der Waals surface area (Å²) in [4.78, 5) is 11.9. The zero-order chi connectivity index (χ0) is 13.8. The molecule has 0 spiro atoms. The number of hydrogen-bond donors (Lipinski definition) is 2. The van der Waals surface area contributed by atoms with E-state index in [4.69, 9.17) is 16.0 Å². The fourth-order valence-corrected chi connectivity index (χ4v) is 1.96. The number of nitrogens with one attached hydrogen (secondary N) is 2. The lowest BCUT2D eigenvalue weighted by Crippen LogP contribution is -2.31. The summed E-state index contributed by atoms with van der Waals surface area (Å²) in [6.07, 6.45) is 1.58. The van der Waals surface area contributed by atoms with Gasteiger partial charge in [0.05, 0.1) is 12.3 Å². The molecule has 1 heterocycles. The lowest BCUT2D eigenvalue weighted by atomic mass is 10.2. The SMILES string of the molecule is Cc1cc(Cl)ccc1NC(=O)N[C@H](C)c1ccco1. The Bertz CT molecular complexity index is 567. The number of aryl methyl sites for hydroxylation is 1. The van der Waals surface area contributed by atoms with Crippen LogP contribution >= 0.6 is 11.6 Å². The monoisotopic (exact) mass is 278 g/mol. The first-order valence-corrected chi connectivity index (χ1v) is 6.31. The number of rotatable bonds is 3. The van der Waals surface area contributed by atoms with Crippen LogP contribution in [0.25, 0.3) is 0 Å². The molecular weight excluding hydrogens is 264 g/mol. The van der Waals surface area contributed by atoms with E-state index in [2.05, 4.69) is 10.6 Å². The van der Waals surface area contributed by atoms with Crippen molar-refractivity contribution >= 4 is 23.3 Å². The number of furan rings is 1. The van der Waals surface area contributed by atoms with Gasteiger partial charge >= 0.3 is 6.03 Å². The van der Waals surface area contributed by atoms with Crippen LogP contribution in [-0.4, -0.2) is 6.03 Å². The molecule has 1 aromatic heterocycles. The molecule has 4 nitrogen and oxygen atoms in total. The third-order valence-electron chi connectivity index (χ3n) is 2.75. The second kappa shape index (κ2) is 5.80. The first-order valence-electron chi connectivity index (χ1n) is 5.93. The molecule has 19 heavy (non-hydrogen) atoms. The smallest absolute Gasteiger partial charge is 0.319 e. The second-order valence-electron chi connectivity index (χ2n) is 4.29. The second-order valence-corrected chi connectivity index (χ2v) is 4.73. The molecule has 5 heteroatoms. The molecule has 2 rings (SSSR count). The number of carbonyl (C=O) groups excluding carboxylic acids is 1. The predicted octanol–water partition coefficient (Wildman–Crippen LogP) is 4.12. The maximum Gasteiger partial charge on any atom is 0.319 e. The molecule has 0 saturated heterocycles. The summed E-state index contributed by atoms with van der Waals surface area (Å²) in [5, 5.41) is 6.22. The molecule has 2 N–H and O–H groups in total. The van der Waals surface area contributed by atoms with Crippen LogP contribution in [0.2, 0.25) is 5.02 Å². The van der Waals surface area contributed by atoms with E-state index < -0.39 is 0 Å². The zero-order valence-corrected chi connectivity index (χ0v) is 11.5. The van der Waals surface area contributed by atoms with E-state index in [0.717, 1.165) is 11.3 Å². The number of hydrogen-bond acceptors (Lipinski definition) is 2. The van der Waals surface area contributed by atoms with Gasteiger partial charge in [0.25, 0.3) is 0 Å². The van der Waals surface area contributed by atoms with Crippen molar-refractivity contribution in [1.29, 1.82) is 0 Å². The highest BCUT2D eigenvalue weighted by atomic mass is 35.5. The van der Waals surface area contributed by atoms with Gasteiger partial charge < -0.3 is 15.1 Å². The Hall–Kier alpha value is -1.94. The summed E-state index contributed by atoms with van der Waals surface area (Å²) in [7, 11) is 0. The van der Waals surface area contributed by atoms with Crippen LogP contribution in [0.15, 0.2) is 41.0 Å². The minimum atomic E-state index is -0.283. The van der Waals surface area contributed by atoms with Crippen LogP contribution < -0.4 is 10.6 Å². The highest BCUT2D eigenvalue weighted by Gasteiger charge is 2.12. The number of carbonyl (C=O) groups is 1. The van der Waals surface area contributed by atoms with Crippen molar-refractivity contribution in [2.45, 2.75) is 19.9 Å². The van der Waals surface area contributed by atoms with Crippen molar-refractivity contribution in [3.05, 3.63) is 52.9 Å². The van der Waals surface area contributed by atoms with E-state index in [1.807, 2.05) is 19.9 Å². The van der Waals surface area contributed by atoms with E-state index in [1.165, 1.54) is 0 Å². The molecule has 100 valence electrons. The van der Waals surface area contributed by atoms with Crippen molar-refractivity contribution in [1.82, 2.24) is 5.32 Å². The molecule has 0 aliphatic heterocycles. The van der Waals surface area contributed by atoms with E-state index in [0.29, 0.717) is 10.8 Å². The first kappa shape index (κ1) is 13.5. The van der Waals surface area contributed by atoms with Gasteiger partial charge in [-0.15, -0.1) is 0 Å². The molecule has 0 unspecified atom stereocenters. The van der Waals surface area contributed by atoms with E-state index in [9.17, 15) is 4.79 Å². The Morgan fingerprint density at radius 2 is 2.16 bits per heavy atom. The lowest BCUT2D eigenvalue weighted by Gasteiger charge is -2.13. The summed E-state index contributed by atoms with van der Waals surface area (Å²) >= 11 is 5.86. The number of urea groups is 1. The summed E-state index contributed by atoms with van der Waals surface area (Å²) in [6.45, 7) is 3.74. The van der Waals surface area contributed by atoms with Crippen LogP contribution in [0.3, 0.4) is 0 Å². The standard InChI is InChI=1S/C14H15ClN2O2/c1-9-8-11(15)5-6-12(9)17-14(18)16-10(2)13-4-3-7-19-13/h3-8,10H,1-2H3,(H2,16,17,18)/t10-/m1/s1. The van der Waals surface area contributed by atoms with Crippen LogP contribution in [0.4, 0.5) is 10.5 Å². The fraction of sp³-hybridized carbons (Fsp3) is 0.214. The molecule has 0 radical (unpaired) electrons. The van der Waals surface area contributed by atoms with Crippen LogP contribution in [0, 0.1) is 6.92 Å². The maximum absolute atomic E-state index is 11.9. The van der Waals surface area contributed by atoms with Gasteiger partial charge in [0.1, 0.15) is 5.76 Å². The molecular formula is C14H15ClN2O2. The van der Waals surface area contributed by atoms with Gasteiger partial charge in [0.15, 0.2) is 0 Å². The van der Waals surface area contributed by atoms with Gasteiger partial charge in [-0.05, 0) is 49.7 Å². The molecule has 1 aromatic carbocycles. The van der Waals surface area contributed by atoms with E-state index >= 15 is 0 Å². The number of benzene rings is 1. The third kappa shape index (κ3) is 3.51. The number of halogens is 1. The highest BCUT2D eigenvalue weighted by Crippen LogP contribution is 2.20. The zero-order valence-electron chi connectivity index (χ0n) is 10.7. The first-order chi connectivity index (χ1) is 9.06. The summed E-state index contributed by atoms with van der Waals surface area (Å²) < 4.78 is 5.23. The minimum Gasteiger partial charge on any atom is -0.467 e. The lowest BCUT2D eigenvalue weighted by molar-refractivity contribution is 0.247. The molecule has 1 atom stereocenters. The van der Waals surface area contributed by atoms with Gasteiger partial charge in [-0.3, -0.25) is 0 Å². The molecule has 0 bridgehead atoms. The number of amides is 2. The van der Waals surface area contributed by atoms with Crippen molar-refractivity contribution in [3.63, 3.8) is 0 Å². The quantitative estimate of drug-likeness (QED) is 0.887. The van der Waals surface area contributed by atoms with Crippen molar-refractivity contribution in [2.75, 3.05) is 5.32 Å². The topological polar surface area (TPSA) is 54.3 Å². The van der Waals surface area contributed by atoms with Gasteiger partial charge in [-0.2, -0.15) is 0 Å². The average molecular weight is 279 g/mol. The van der Waals surface area contributed by atoms with Gasteiger partial charge in [-0.25, -0.2) is 4.79 Å².